The molecule has 0 saturated heterocycles. The first-order valence-electron chi connectivity index (χ1n) is 11.0. The van der Waals surface area contributed by atoms with E-state index in [1.807, 2.05) is 0 Å². The van der Waals surface area contributed by atoms with Gasteiger partial charge in [-0.1, -0.05) is 23.7 Å². The molecule has 0 radical (unpaired) electrons. The van der Waals surface area contributed by atoms with E-state index >= 15 is 4.39 Å². The predicted molar refractivity (Wildman–Crippen MR) is 136 cm³/mol. The lowest BCUT2D eigenvalue weighted by atomic mass is 9.93. The van der Waals surface area contributed by atoms with Crippen LogP contribution < -0.4 is 16.4 Å². The van der Waals surface area contributed by atoms with Crippen LogP contribution >= 0.6 is 11.6 Å². The van der Waals surface area contributed by atoms with Crippen LogP contribution in [-0.2, 0) is 26.5 Å². The molecule has 1 amide bonds. The highest BCUT2D eigenvalue weighted by Gasteiger charge is 2.44. The minimum absolute atomic E-state index is 0.267. The van der Waals surface area contributed by atoms with E-state index in [4.69, 9.17) is 22.1 Å². The zero-order valence-corrected chi connectivity index (χ0v) is 22.6. The number of carbonyl (C=O) groups is 1. The minimum Gasteiger partial charge on any atom is -0.444 e. The van der Waals surface area contributed by atoms with Crippen molar-refractivity contribution in [1.82, 2.24) is 9.62 Å². The summed E-state index contributed by atoms with van der Waals surface area (Å²) < 4.78 is 88.6. The second kappa shape index (κ2) is 9.80. The van der Waals surface area contributed by atoms with Crippen molar-refractivity contribution < 1.29 is 35.5 Å². The molecule has 15 heteroatoms. The Morgan fingerprint density at radius 3 is 2.42 bits per heavy atom. The number of guanidine groups is 1. The van der Waals surface area contributed by atoms with Crippen LogP contribution in [0.1, 0.15) is 38.8 Å². The van der Waals surface area contributed by atoms with Crippen LogP contribution in [0, 0.1) is 5.82 Å². The largest absolute Gasteiger partial charge is 0.444 e. The first-order chi connectivity index (χ1) is 17.2. The molecule has 9 nitrogen and oxygen atoms in total. The number of alkyl halides is 3. The van der Waals surface area contributed by atoms with Gasteiger partial charge in [0.2, 0.25) is 16.0 Å². The predicted octanol–water partition coefficient (Wildman–Crippen LogP) is 5.19. The lowest BCUT2D eigenvalue weighted by Gasteiger charge is -2.36. The average molecular weight is 580 g/mol. The van der Waals surface area contributed by atoms with E-state index < -0.39 is 72.9 Å². The number of nitrogen functional groups attached to an aromatic ring is 1. The highest BCUT2D eigenvalue weighted by atomic mass is 35.5. The first kappa shape index (κ1) is 29.3. The standard InChI is InChI=1S/C23H26ClF4N5O4S/c1-21(2,3)37-20(34)31-19-32-22(4,11-38(35,36)33(19)5)12-7-6-8-15(17(12)25)30-18-14(29)10-9-13(24)16(18)23(26,27)28/h6-10,30H,11,29H2,1-5H3,(H,31,32,34)/t22-/m0/s1. The molecule has 0 fully saturated rings. The molecule has 0 spiro atoms. The number of amides is 1. The van der Waals surface area contributed by atoms with Crippen LogP contribution in [0.5, 0.6) is 0 Å². The highest BCUT2D eigenvalue weighted by Crippen LogP contribution is 2.44. The van der Waals surface area contributed by atoms with Gasteiger partial charge < -0.3 is 15.8 Å². The number of ether oxygens (including phenoxy) is 1. The van der Waals surface area contributed by atoms with E-state index in [2.05, 4.69) is 15.6 Å². The molecule has 208 valence electrons. The summed E-state index contributed by atoms with van der Waals surface area (Å²) in [6, 6.07) is 5.79. The van der Waals surface area contributed by atoms with Crippen molar-refractivity contribution in [3.63, 3.8) is 0 Å². The van der Waals surface area contributed by atoms with E-state index in [1.165, 1.54) is 19.1 Å². The van der Waals surface area contributed by atoms with Crippen LogP contribution in [-0.4, -0.2) is 43.2 Å². The summed E-state index contributed by atoms with van der Waals surface area (Å²) in [6.07, 6.45) is -5.90. The third-order valence-electron chi connectivity index (χ3n) is 5.45. The highest BCUT2D eigenvalue weighted by molar-refractivity contribution is 7.89. The number of rotatable bonds is 3. The summed E-state index contributed by atoms with van der Waals surface area (Å²) in [6.45, 7) is 6.12. The molecule has 1 aliphatic rings. The monoisotopic (exact) mass is 579 g/mol. The third-order valence-corrected chi connectivity index (χ3v) is 7.70. The lowest BCUT2D eigenvalue weighted by Crippen LogP contribution is -2.54. The Kier molecular flexibility index (Phi) is 7.56. The molecule has 0 bridgehead atoms. The maximum absolute atomic E-state index is 15.8. The van der Waals surface area contributed by atoms with Gasteiger partial charge in [0.25, 0.3) is 0 Å². The van der Waals surface area contributed by atoms with Gasteiger partial charge in [-0.2, -0.15) is 13.2 Å². The SMILES string of the molecule is CN1C(NC(=O)OC(C)(C)C)=N[C@](C)(c2cccc(Nc3c(N)ccc(Cl)c3C(F)(F)F)c2F)CS1(=O)=O. The molecule has 38 heavy (non-hydrogen) atoms. The van der Waals surface area contributed by atoms with Crippen LogP contribution in [0.3, 0.4) is 0 Å². The van der Waals surface area contributed by atoms with Gasteiger partial charge in [-0.25, -0.2) is 26.9 Å². The van der Waals surface area contributed by atoms with E-state index in [1.54, 1.807) is 20.8 Å². The van der Waals surface area contributed by atoms with Crippen molar-refractivity contribution in [2.24, 2.45) is 4.99 Å². The third kappa shape index (κ3) is 6.07. The second-order valence-electron chi connectivity index (χ2n) is 9.74. The Bertz CT molecular complexity index is 1410. The Morgan fingerprint density at radius 1 is 1.21 bits per heavy atom. The average Bonchev–Trinajstić information content (AvgIpc) is 2.73. The Morgan fingerprint density at radius 2 is 1.84 bits per heavy atom. The van der Waals surface area contributed by atoms with Gasteiger partial charge in [0.1, 0.15) is 11.1 Å². The number of hydrogen-bond acceptors (Lipinski definition) is 7. The first-order valence-corrected chi connectivity index (χ1v) is 13.0. The summed E-state index contributed by atoms with van der Waals surface area (Å²) in [5.74, 6) is -2.21. The van der Waals surface area contributed by atoms with Crippen molar-refractivity contribution in [2.75, 3.05) is 23.9 Å². The number of anilines is 3. The minimum atomic E-state index is -4.91. The molecular formula is C23H26ClF4N5O4S. The van der Waals surface area contributed by atoms with Gasteiger partial charge in [0.05, 0.1) is 33.4 Å². The van der Waals surface area contributed by atoms with E-state index in [-0.39, 0.29) is 11.3 Å². The van der Waals surface area contributed by atoms with Gasteiger partial charge in [-0.3, -0.25) is 5.32 Å². The van der Waals surface area contributed by atoms with Crippen molar-refractivity contribution in [1.29, 1.82) is 0 Å². The molecule has 0 unspecified atom stereocenters. The summed E-state index contributed by atoms with van der Waals surface area (Å²) in [5, 5.41) is 3.96. The summed E-state index contributed by atoms with van der Waals surface area (Å²) in [7, 11) is -2.97. The zero-order valence-electron chi connectivity index (χ0n) is 21.0. The number of hydrogen-bond donors (Lipinski definition) is 3. The number of nitrogens with two attached hydrogens (primary N) is 1. The fraction of sp³-hybridized carbons (Fsp3) is 0.391. The van der Waals surface area contributed by atoms with Gasteiger partial charge >= 0.3 is 12.3 Å². The topological polar surface area (TPSA) is 126 Å². The number of sulfonamides is 1. The fourth-order valence-electron chi connectivity index (χ4n) is 3.74. The van der Waals surface area contributed by atoms with Gasteiger partial charge in [-0.05, 0) is 45.9 Å². The number of carbonyl (C=O) groups excluding carboxylic acids is 1. The molecule has 1 heterocycles. The smallest absolute Gasteiger partial charge is 0.419 e. The van der Waals surface area contributed by atoms with Crippen LogP contribution in [0.2, 0.25) is 5.02 Å². The normalized spacial score (nSPS) is 19.5. The Labute approximate surface area is 222 Å². The molecule has 2 aromatic rings. The van der Waals surface area contributed by atoms with Crippen molar-refractivity contribution in [3.8, 4) is 0 Å². The van der Waals surface area contributed by atoms with E-state index in [0.717, 1.165) is 29.6 Å². The number of aliphatic imine (C=N–C) groups is 1. The lowest BCUT2D eigenvalue weighted by molar-refractivity contribution is -0.136. The summed E-state index contributed by atoms with van der Waals surface area (Å²) in [4.78, 5) is 16.6. The van der Waals surface area contributed by atoms with Gasteiger partial charge in [0, 0.05) is 12.6 Å². The number of nitrogens with zero attached hydrogens (tertiary/aromatic N) is 2. The fourth-order valence-corrected chi connectivity index (χ4v) is 5.48. The molecule has 0 saturated carbocycles. The zero-order chi connectivity index (χ0) is 28.8. The summed E-state index contributed by atoms with van der Waals surface area (Å²) >= 11 is 5.77. The number of benzene rings is 2. The van der Waals surface area contributed by atoms with Crippen molar-refractivity contribution in [3.05, 3.63) is 52.3 Å². The van der Waals surface area contributed by atoms with E-state index in [9.17, 15) is 26.4 Å². The molecular weight excluding hydrogens is 554 g/mol. The number of nitrogens with one attached hydrogen (secondary N) is 2. The molecule has 1 atom stereocenters. The number of halogens is 5. The maximum atomic E-state index is 15.8. The van der Waals surface area contributed by atoms with Crippen LogP contribution in [0.4, 0.5) is 39.4 Å². The Hall–Kier alpha value is -3.26. The van der Waals surface area contributed by atoms with Crippen LogP contribution in [0.15, 0.2) is 35.3 Å². The molecule has 0 aromatic heterocycles. The molecule has 0 aliphatic carbocycles. The molecule has 3 rings (SSSR count). The van der Waals surface area contributed by atoms with Gasteiger partial charge in [0.15, 0.2) is 5.82 Å². The Balaban J connectivity index is 2.10. The molecule has 2 aromatic carbocycles. The van der Waals surface area contributed by atoms with Crippen molar-refractivity contribution >= 4 is 50.7 Å². The summed E-state index contributed by atoms with van der Waals surface area (Å²) in [5.41, 5.74) is 0.0539. The van der Waals surface area contributed by atoms with Crippen LogP contribution in [0.25, 0.3) is 0 Å². The quantitative estimate of drug-likeness (QED) is 0.339. The molecule has 1 aliphatic heterocycles. The van der Waals surface area contributed by atoms with E-state index in [0.29, 0.717) is 0 Å². The number of alkyl carbamates (subject to hydrolysis) is 1. The molecule has 4 N–H and O–H groups in total. The second-order valence-corrected chi connectivity index (χ2v) is 12.1. The van der Waals surface area contributed by atoms with Gasteiger partial charge in [-0.15, -0.1) is 0 Å². The maximum Gasteiger partial charge on any atom is 0.419 e. The van der Waals surface area contributed by atoms with Crippen molar-refractivity contribution in [2.45, 2.75) is 45.0 Å².